The van der Waals surface area contributed by atoms with Gasteiger partial charge in [0.25, 0.3) is 11.8 Å². The van der Waals surface area contributed by atoms with Crippen LogP contribution >= 0.6 is 0 Å². The lowest BCUT2D eigenvalue weighted by Crippen LogP contribution is -2.54. The third kappa shape index (κ3) is 3.63. The Balaban J connectivity index is 1.19. The van der Waals surface area contributed by atoms with Gasteiger partial charge in [0, 0.05) is 11.9 Å². The van der Waals surface area contributed by atoms with Crippen LogP contribution in [-0.4, -0.2) is 22.4 Å². The highest BCUT2D eigenvalue weighted by molar-refractivity contribution is 6.39. The van der Waals surface area contributed by atoms with Crippen LogP contribution in [0.3, 0.4) is 0 Å². The number of hydrogen-bond donors (Lipinski definition) is 1. The van der Waals surface area contributed by atoms with E-state index in [0.29, 0.717) is 17.1 Å². The molecule has 5 aliphatic rings. The first-order chi connectivity index (χ1) is 18.4. The number of barbiturate groups is 1. The predicted molar refractivity (Wildman–Crippen MR) is 141 cm³/mol. The minimum absolute atomic E-state index is 0.189. The number of urea groups is 1. The molecule has 4 aliphatic carbocycles. The van der Waals surface area contributed by atoms with Gasteiger partial charge in [-0.25, -0.2) is 14.1 Å². The molecule has 5 fully saturated rings. The molecule has 8 rings (SSSR count). The van der Waals surface area contributed by atoms with Gasteiger partial charge in [-0.15, -0.1) is 0 Å². The second kappa shape index (κ2) is 8.51. The van der Waals surface area contributed by atoms with Gasteiger partial charge in [0.1, 0.15) is 11.4 Å². The number of halogens is 1. The van der Waals surface area contributed by atoms with Crippen LogP contribution in [0.4, 0.5) is 14.9 Å². The van der Waals surface area contributed by atoms with E-state index < -0.39 is 23.7 Å². The number of rotatable bonds is 4. The maximum absolute atomic E-state index is 14.4. The summed E-state index contributed by atoms with van der Waals surface area (Å²) in [5.74, 6) is 0.538. The van der Waals surface area contributed by atoms with E-state index in [4.69, 9.17) is 0 Å². The average molecular weight is 510 g/mol. The Morgan fingerprint density at radius 1 is 0.842 bits per heavy atom. The zero-order chi connectivity index (χ0) is 26.0. The number of aromatic nitrogens is 1. The summed E-state index contributed by atoms with van der Waals surface area (Å²) in [7, 11) is 0. The molecule has 4 bridgehead atoms. The Morgan fingerprint density at radius 2 is 1.50 bits per heavy atom. The normalized spacial score (nSPS) is 29.3. The summed E-state index contributed by atoms with van der Waals surface area (Å²) in [5.41, 5.74) is 2.47. The number of nitrogens with one attached hydrogen (secondary N) is 1. The van der Waals surface area contributed by atoms with E-state index in [9.17, 15) is 18.8 Å². The van der Waals surface area contributed by atoms with Crippen LogP contribution in [-0.2, 0) is 15.0 Å². The molecule has 0 unspecified atom stereocenters. The molecule has 0 atom stereocenters. The number of carbonyl (C=O) groups is 3. The number of anilines is 1. The number of nitrogens with zero attached hydrogens (tertiary/aromatic N) is 2. The zero-order valence-electron chi connectivity index (χ0n) is 20.9. The molecule has 38 heavy (non-hydrogen) atoms. The van der Waals surface area contributed by atoms with E-state index in [1.807, 2.05) is 12.1 Å². The van der Waals surface area contributed by atoms with Crippen molar-refractivity contribution in [1.29, 1.82) is 0 Å². The predicted octanol–water partition coefficient (Wildman–Crippen LogP) is 5.75. The molecule has 2 heterocycles. The lowest BCUT2D eigenvalue weighted by atomic mass is 9.48. The monoisotopic (exact) mass is 509 g/mol. The molecular weight excluding hydrogens is 481 g/mol. The maximum atomic E-state index is 14.4. The zero-order valence-corrected chi connectivity index (χ0v) is 20.9. The lowest BCUT2D eigenvalue weighted by molar-refractivity contribution is -0.122. The van der Waals surface area contributed by atoms with Crippen molar-refractivity contribution in [3.05, 3.63) is 89.5 Å². The highest BCUT2D eigenvalue weighted by Gasteiger charge is 2.51. The molecule has 3 aromatic rings. The summed E-state index contributed by atoms with van der Waals surface area (Å²) in [6, 6.07) is 16.6. The quantitative estimate of drug-likeness (QED) is 0.360. The van der Waals surface area contributed by atoms with Crippen molar-refractivity contribution in [2.75, 3.05) is 4.90 Å². The molecule has 2 aromatic carbocycles. The number of para-hydroxylation sites is 1. The molecule has 4 saturated carbocycles. The van der Waals surface area contributed by atoms with Gasteiger partial charge in [0.15, 0.2) is 0 Å². The molecule has 1 saturated heterocycles. The second-order valence-corrected chi connectivity index (χ2v) is 11.5. The average Bonchev–Trinajstić information content (AvgIpc) is 3.34. The van der Waals surface area contributed by atoms with Crippen LogP contribution in [0.15, 0.2) is 72.4 Å². The number of carbonyl (C=O) groups excluding carboxylic acids is 3. The van der Waals surface area contributed by atoms with Crippen LogP contribution in [0.25, 0.3) is 11.8 Å². The summed E-state index contributed by atoms with van der Waals surface area (Å²) in [6.07, 6.45) is 10.8. The Kier molecular flexibility index (Phi) is 5.18. The van der Waals surface area contributed by atoms with Gasteiger partial charge in [-0.3, -0.25) is 14.9 Å². The van der Waals surface area contributed by atoms with Crippen LogP contribution in [0.5, 0.6) is 0 Å². The minimum Gasteiger partial charge on any atom is -0.314 e. The van der Waals surface area contributed by atoms with Gasteiger partial charge in [0.05, 0.1) is 11.4 Å². The molecule has 7 heteroatoms. The van der Waals surface area contributed by atoms with Gasteiger partial charge in [-0.05, 0) is 110 Å². The minimum atomic E-state index is -0.775. The fourth-order valence-corrected chi connectivity index (χ4v) is 7.85. The molecule has 192 valence electrons. The van der Waals surface area contributed by atoms with Gasteiger partial charge in [-0.1, -0.05) is 24.3 Å². The summed E-state index contributed by atoms with van der Waals surface area (Å²) in [4.78, 5) is 40.0. The first kappa shape index (κ1) is 23.1. The summed E-state index contributed by atoms with van der Waals surface area (Å²) < 4.78 is 16.0. The van der Waals surface area contributed by atoms with Crippen molar-refractivity contribution in [3.8, 4) is 5.69 Å². The van der Waals surface area contributed by atoms with E-state index in [1.54, 1.807) is 41.1 Å². The van der Waals surface area contributed by atoms with Crippen LogP contribution in [0.1, 0.15) is 49.8 Å². The van der Waals surface area contributed by atoms with Crippen LogP contribution in [0, 0.1) is 23.6 Å². The lowest BCUT2D eigenvalue weighted by Gasteiger charge is -2.57. The van der Waals surface area contributed by atoms with Crippen molar-refractivity contribution in [2.45, 2.75) is 43.9 Å². The first-order valence-corrected chi connectivity index (χ1v) is 13.3. The maximum Gasteiger partial charge on any atom is 0.335 e. The Hall–Kier alpha value is -4.00. The molecule has 1 N–H and O–H groups in total. The van der Waals surface area contributed by atoms with Gasteiger partial charge in [-0.2, -0.15) is 0 Å². The number of amides is 4. The standard InChI is InChI=1S/C31H28FN3O3/c32-26-5-1-2-6-27(26)34-11-3-4-24(34)15-25-28(36)33-30(38)35(29(25)37)23-9-7-22(8-10-23)31-16-19-12-20(17-31)14-21(13-19)18-31/h1-11,15,19-21H,12-14,16-18H2,(H,33,36,38). The van der Waals surface area contributed by atoms with Crippen molar-refractivity contribution < 1.29 is 18.8 Å². The molecule has 4 amide bonds. The van der Waals surface area contributed by atoms with Crippen LogP contribution < -0.4 is 10.2 Å². The van der Waals surface area contributed by atoms with Crippen molar-refractivity contribution in [3.63, 3.8) is 0 Å². The van der Waals surface area contributed by atoms with E-state index in [1.165, 1.54) is 56.2 Å². The van der Waals surface area contributed by atoms with Crippen LogP contribution in [0.2, 0.25) is 0 Å². The molecule has 0 spiro atoms. The first-order valence-electron chi connectivity index (χ1n) is 13.3. The van der Waals surface area contributed by atoms with E-state index in [-0.39, 0.29) is 11.0 Å². The van der Waals surface area contributed by atoms with Gasteiger partial charge >= 0.3 is 6.03 Å². The summed E-state index contributed by atoms with van der Waals surface area (Å²) in [6.45, 7) is 0. The Bertz CT molecular complexity index is 1470. The smallest absolute Gasteiger partial charge is 0.314 e. The van der Waals surface area contributed by atoms with Gasteiger partial charge < -0.3 is 4.57 Å². The molecular formula is C31H28FN3O3. The topological polar surface area (TPSA) is 71.4 Å². The second-order valence-electron chi connectivity index (χ2n) is 11.5. The third-order valence-corrected chi connectivity index (χ3v) is 9.06. The molecule has 1 aromatic heterocycles. The highest BCUT2D eigenvalue weighted by Crippen LogP contribution is 2.60. The van der Waals surface area contributed by atoms with Crippen molar-refractivity contribution >= 4 is 29.6 Å². The summed E-state index contributed by atoms with van der Waals surface area (Å²) in [5, 5.41) is 2.29. The number of benzene rings is 2. The van der Waals surface area contributed by atoms with E-state index in [0.717, 1.165) is 22.7 Å². The fraction of sp³-hybridized carbons (Fsp3) is 0.323. The van der Waals surface area contributed by atoms with Gasteiger partial charge in [0.2, 0.25) is 0 Å². The number of hydrogen-bond acceptors (Lipinski definition) is 3. The Labute approximate surface area is 220 Å². The van der Waals surface area contributed by atoms with Crippen molar-refractivity contribution in [2.24, 2.45) is 17.8 Å². The largest absolute Gasteiger partial charge is 0.335 e. The number of imide groups is 2. The third-order valence-electron chi connectivity index (χ3n) is 9.06. The van der Waals surface area contributed by atoms with E-state index in [2.05, 4.69) is 17.4 Å². The highest BCUT2D eigenvalue weighted by atomic mass is 19.1. The van der Waals surface area contributed by atoms with Crippen molar-refractivity contribution in [1.82, 2.24) is 9.88 Å². The van der Waals surface area contributed by atoms with E-state index >= 15 is 0 Å². The SMILES string of the molecule is O=C1NC(=O)N(c2ccc(C34CC5CC(CC(C5)C3)C4)cc2)C(=O)C1=Cc1cccn1-c1ccccc1F. The Morgan fingerprint density at radius 3 is 2.16 bits per heavy atom. The summed E-state index contributed by atoms with van der Waals surface area (Å²) >= 11 is 0. The molecule has 6 nitrogen and oxygen atoms in total. The molecule has 0 radical (unpaired) electrons. The molecule has 1 aliphatic heterocycles. The fourth-order valence-electron chi connectivity index (χ4n) is 7.85.